The number of likely N-dealkylation sites (N-methyl/N-ethyl adjacent to an activating group) is 1. The van der Waals surface area contributed by atoms with Gasteiger partial charge >= 0.3 is 5.97 Å². The first-order valence-corrected chi connectivity index (χ1v) is 23.2. The fourth-order valence-electron chi connectivity index (χ4n) is 9.73. The van der Waals surface area contributed by atoms with Crippen molar-refractivity contribution in [3.8, 4) is 28.1 Å². The molecule has 0 aliphatic carbocycles. The van der Waals surface area contributed by atoms with Crippen LogP contribution in [0.2, 0.25) is 0 Å². The summed E-state index contributed by atoms with van der Waals surface area (Å²) >= 11 is 0. The fourth-order valence-corrected chi connectivity index (χ4v) is 9.73. The molecule has 6 bridgehead atoms. The van der Waals surface area contributed by atoms with Crippen LogP contribution >= 0.6 is 0 Å². The molecule has 348 valence electrons. The van der Waals surface area contributed by atoms with Gasteiger partial charge in [0.2, 0.25) is 5.91 Å². The second kappa shape index (κ2) is 19.0. The number of nitrogens with zero attached hydrogens (tertiary/aromatic N) is 4. The first-order chi connectivity index (χ1) is 31.6. The molecule has 2 aromatic heterocycles. The number of aromatic hydroxyl groups is 1. The molecule has 3 amide bonds. The van der Waals surface area contributed by atoms with Gasteiger partial charge in [-0.05, 0) is 115 Å². The number of phenolic OH excluding ortho intramolecular Hbond substituents is 1. The number of methoxy groups -OCH3 is 1. The van der Waals surface area contributed by atoms with Crippen LogP contribution in [0.4, 0.5) is 0 Å². The Morgan fingerprint density at radius 2 is 1.79 bits per heavy atom. The number of phenols is 1. The number of hydrazine groups is 1. The van der Waals surface area contributed by atoms with Crippen LogP contribution in [0.5, 0.6) is 5.75 Å². The number of rotatable bonds is 10. The number of amides is 3. The zero-order valence-corrected chi connectivity index (χ0v) is 39.3. The Kier molecular flexibility index (Phi) is 13.4. The van der Waals surface area contributed by atoms with Gasteiger partial charge in [0.15, 0.2) is 0 Å². The van der Waals surface area contributed by atoms with Gasteiger partial charge in [-0.2, -0.15) is 0 Å². The van der Waals surface area contributed by atoms with E-state index in [-0.39, 0.29) is 36.7 Å². The minimum atomic E-state index is -1.14. The van der Waals surface area contributed by atoms with E-state index in [2.05, 4.69) is 59.6 Å². The third-order valence-corrected chi connectivity index (χ3v) is 13.3. The van der Waals surface area contributed by atoms with Crippen LogP contribution in [0.15, 0.2) is 79.0 Å². The van der Waals surface area contributed by atoms with Crippen molar-refractivity contribution in [2.45, 2.75) is 104 Å². The number of nitrogens with one attached hydrogen (secondary N) is 3. The summed E-state index contributed by atoms with van der Waals surface area (Å²) in [6.45, 7) is 14.0. The lowest BCUT2D eigenvalue weighted by molar-refractivity contribution is -0.155. The smallest absolute Gasteiger partial charge is 0.324 e. The molecular weight excluding hydrogens is 835 g/mol. The molecule has 0 radical (unpaired) electrons. The fraction of sp³-hybridized carbons (Fsp3) is 0.442. The molecule has 8 rings (SSSR count). The van der Waals surface area contributed by atoms with Gasteiger partial charge in [-0.1, -0.05) is 52.0 Å². The highest BCUT2D eigenvalue weighted by Gasteiger charge is 2.38. The number of carbonyl (C=O) groups excluding carboxylic acids is 4. The molecule has 3 aliphatic heterocycles. The second-order valence-electron chi connectivity index (χ2n) is 19.2. The third kappa shape index (κ3) is 9.58. The van der Waals surface area contributed by atoms with E-state index in [1.807, 2.05) is 51.1 Å². The Hall–Kier alpha value is -6.09. The molecule has 2 fully saturated rings. The summed E-state index contributed by atoms with van der Waals surface area (Å²) < 4.78 is 14.2. The lowest BCUT2D eigenvalue weighted by atomic mass is 9.84. The molecule has 5 atom stereocenters. The molecule has 2 saturated heterocycles. The number of benzene rings is 3. The molecule has 4 N–H and O–H groups in total. The average Bonchev–Trinajstić information content (AvgIpc) is 4.12. The maximum Gasteiger partial charge on any atom is 0.324 e. The number of cyclic esters (lactones) is 1. The number of pyridine rings is 1. The Bertz CT molecular complexity index is 2640. The van der Waals surface area contributed by atoms with Gasteiger partial charge in [0.25, 0.3) is 11.8 Å². The molecule has 66 heavy (non-hydrogen) atoms. The number of hydrogen-bond donors (Lipinski definition) is 4. The minimum Gasteiger partial charge on any atom is -0.508 e. The highest BCUT2D eigenvalue weighted by molar-refractivity contribution is 5.99. The summed E-state index contributed by atoms with van der Waals surface area (Å²) in [5.74, 6) is -2.05. The summed E-state index contributed by atoms with van der Waals surface area (Å²) in [5.41, 5.74) is 11.2. The van der Waals surface area contributed by atoms with E-state index in [0.717, 1.165) is 56.7 Å². The van der Waals surface area contributed by atoms with Crippen molar-refractivity contribution in [3.05, 3.63) is 107 Å². The largest absolute Gasteiger partial charge is 0.508 e. The Balaban J connectivity index is 1.20. The molecule has 14 heteroatoms. The van der Waals surface area contributed by atoms with Gasteiger partial charge in [-0.25, -0.2) is 5.43 Å². The van der Waals surface area contributed by atoms with Crippen molar-refractivity contribution in [1.29, 1.82) is 0 Å². The van der Waals surface area contributed by atoms with Crippen molar-refractivity contribution >= 4 is 34.6 Å². The van der Waals surface area contributed by atoms with Crippen molar-refractivity contribution in [2.75, 3.05) is 33.9 Å². The van der Waals surface area contributed by atoms with Crippen LogP contribution in [-0.4, -0.2) is 100 Å². The number of esters is 1. The average molecular weight is 898 g/mol. The van der Waals surface area contributed by atoms with E-state index < -0.39 is 41.3 Å². The van der Waals surface area contributed by atoms with Crippen LogP contribution in [0, 0.1) is 11.3 Å². The zero-order valence-electron chi connectivity index (χ0n) is 39.3. The maximum atomic E-state index is 14.7. The van der Waals surface area contributed by atoms with E-state index in [1.54, 1.807) is 44.6 Å². The third-order valence-electron chi connectivity index (χ3n) is 13.3. The maximum absolute atomic E-state index is 14.7. The lowest BCUT2D eigenvalue weighted by Crippen LogP contribution is -2.62. The topological polar surface area (TPSA) is 177 Å². The standard InChI is InChI=1S/C52H63N7O7/c1-9-58-44-19-18-35-26-39(44)40(47(58)38-12-10-20-53-45(38)31(4)65-8)27-52(5,6)29-66-51(64)41-13-11-21-59(56-41)50(63)42(24-32-22-36(35)25-37(60)23-32)55-48(61)46(30(2)3)57(7)49(62)34-16-14-33(15-17-34)43-28-54-43/h10,12,14-20,22-23,25-26,30-31,41-43,46,54,56,60H,9,11,13,21,24,27-29H2,1-8H3,(H,55,61)/t31-,41-,42-,43+,46?/m0/s1. The van der Waals surface area contributed by atoms with Crippen LogP contribution in [0.3, 0.4) is 0 Å². The normalized spacial score (nSPS) is 20.6. The quantitative estimate of drug-likeness (QED) is 0.0853. The van der Waals surface area contributed by atoms with Gasteiger partial charge < -0.3 is 34.7 Å². The van der Waals surface area contributed by atoms with E-state index in [1.165, 1.54) is 9.91 Å². The molecule has 0 saturated carbocycles. The lowest BCUT2D eigenvalue weighted by Gasteiger charge is -2.36. The predicted octanol–water partition coefficient (Wildman–Crippen LogP) is 6.89. The summed E-state index contributed by atoms with van der Waals surface area (Å²) in [6, 6.07) is 20.4. The second-order valence-corrected chi connectivity index (χ2v) is 19.2. The molecule has 0 spiro atoms. The Morgan fingerprint density at radius 3 is 2.48 bits per heavy atom. The molecule has 1 unspecified atom stereocenters. The van der Waals surface area contributed by atoms with Crippen molar-refractivity contribution in [3.63, 3.8) is 0 Å². The number of aryl methyl sites for hydroxylation is 1. The number of ether oxygens (including phenoxy) is 2. The summed E-state index contributed by atoms with van der Waals surface area (Å²) in [4.78, 5) is 63.3. The highest BCUT2D eigenvalue weighted by atomic mass is 16.5. The Labute approximate surface area is 387 Å². The zero-order chi connectivity index (χ0) is 47.0. The van der Waals surface area contributed by atoms with Gasteiger partial charge in [0, 0.05) is 79.9 Å². The number of carbonyl (C=O) groups is 4. The molecule has 3 aliphatic rings. The molecular formula is C52H63N7O7. The summed E-state index contributed by atoms with van der Waals surface area (Å²) in [5, 5.41) is 20.0. The monoisotopic (exact) mass is 897 g/mol. The predicted molar refractivity (Wildman–Crippen MR) is 253 cm³/mol. The minimum absolute atomic E-state index is 0.00374. The van der Waals surface area contributed by atoms with Crippen LogP contribution in [-0.2, 0) is 43.2 Å². The van der Waals surface area contributed by atoms with E-state index in [9.17, 15) is 24.3 Å². The number of hydrogen-bond acceptors (Lipinski definition) is 10. The number of fused-ring (bicyclic) bond motifs is 6. The molecule has 3 aromatic carbocycles. The van der Waals surface area contributed by atoms with Crippen molar-refractivity contribution in [2.24, 2.45) is 11.3 Å². The van der Waals surface area contributed by atoms with Gasteiger partial charge in [-0.3, -0.25) is 29.2 Å². The van der Waals surface area contributed by atoms with Crippen LogP contribution < -0.4 is 16.1 Å². The van der Waals surface area contributed by atoms with Gasteiger partial charge in [0.05, 0.1) is 24.1 Å². The van der Waals surface area contributed by atoms with E-state index >= 15 is 0 Å². The SMILES string of the molecule is CCn1c(-c2cccnc2[C@H](C)OC)c2c3cc(ccc31)-c1cc(O)cc(c1)C[C@H](NC(=O)C(C(C)C)N(C)C(=O)c1ccc([C@H]3CN3)cc1)C(=O)N1CCC[C@H](N1)C(=O)OCC(C)(C)C2. The summed E-state index contributed by atoms with van der Waals surface area (Å²) in [6.07, 6.45) is 3.04. The van der Waals surface area contributed by atoms with E-state index in [0.29, 0.717) is 49.5 Å². The van der Waals surface area contributed by atoms with Crippen molar-refractivity contribution in [1.82, 2.24) is 35.5 Å². The van der Waals surface area contributed by atoms with Gasteiger partial charge in [0.1, 0.15) is 23.9 Å². The molecule has 5 aromatic rings. The van der Waals surface area contributed by atoms with Crippen molar-refractivity contribution < 1.29 is 33.8 Å². The molecule has 14 nitrogen and oxygen atoms in total. The molecule has 5 heterocycles. The Morgan fingerprint density at radius 1 is 1.03 bits per heavy atom. The first-order valence-electron chi connectivity index (χ1n) is 23.2. The van der Waals surface area contributed by atoms with Crippen LogP contribution in [0.1, 0.15) is 99.3 Å². The van der Waals surface area contributed by atoms with E-state index in [4.69, 9.17) is 14.5 Å². The first kappa shape index (κ1) is 46.4. The number of aromatic nitrogens is 2. The van der Waals surface area contributed by atoms with Crippen LogP contribution in [0.25, 0.3) is 33.3 Å². The summed E-state index contributed by atoms with van der Waals surface area (Å²) in [7, 11) is 3.28. The van der Waals surface area contributed by atoms with Gasteiger partial charge in [-0.15, -0.1) is 0 Å². The highest BCUT2D eigenvalue weighted by Crippen LogP contribution is 2.42.